The Morgan fingerprint density at radius 3 is 2.28 bits per heavy atom. The summed E-state index contributed by atoms with van der Waals surface area (Å²) in [7, 11) is 0. The van der Waals surface area contributed by atoms with Gasteiger partial charge in [-0.05, 0) is 60.1 Å². The first kappa shape index (κ1) is 37.7. The van der Waals surface area contributed by atoms with Gasteiger partial charge in [0, 0.05) is 37.5 Å². The maximum atomic E-state index is 13.5. The highest BCUT2D eigenvalue weighted by Gasteiger charge is 2.29. The van der Waals surface area contributed by atoms with E-state index in [0.717, 1.165) is 71.6 Å². The Morgan fingerprint density at radius 2 is 1.59 bits per heavy atom. The maximum absolute atomic E-state index is 13.5. The fraction of sp³-hybridized carbons (Fsp3) is 0.275. The van der Waals surface area contributed by atoms with Gasteiger partial charge in [-0.3, -0.25) is 14.7 Å². The van der Waals surface area contributed by atoms with Gasteiger partial charge in [0.25, 0.3) is 0 Å². The third-order valence-electron chi connectivity index (χ3n) is 9.47. The molecule has 0 amide bonds. The summed E-state index contributed by atoms with van der Waals surface area (Å²) in [6, 6.07) is 32.7. The number of hydrogen-bond donors (Lipinski definition) is 3. The molecule has 0 aliphatic carbocycles. The van der Waals surface area contributed by atoms with Crippen molar-refractivity contribution < 1.29 is 38.3 Å². The van der Waals surface area contributed by atoms with Crippen LogP contribution in [0.25, 0.3) is 10.8 Å². The summed E-state index contributed by atoms with van der Waals surface area (Å²) in [4.78, 5) is 46.5. The Balaban J connectivity index is 0.000000649. The molecule has 1 unspecified atom stereocenters. The highest BCUT2D eigenvalue weighted by molar-refractivity contribution is 5.95. The highest BCUT2D eigenvalue weighted by Crippen LogP contribution is 2.26. The summed E-state index contributed by atoms with van der Waals surface area (Å²) in [6.07, 6.45) is 0.163. The molecule has 2 aliphatic rings. The van der Waals surface area contributed by atoms with E-state index in [9.17, 15) is 27.9 Å². The molecule has 14 heteroatoms. The number of benzene rings is 4. The van der Waals surface area contributed by atoms with E-state index in [2.05, 4.69) is 44.8 Å². The number of carboxylic acids is 2. The largest absolute Gasteiger partial charge is 0.542 e. The molecule has 1 aromatic heterocycles. The second kappa shape index (κ2) is 16.8. The Bertz CT molecular complexity index is 2170. The summed E-state index contributed by atoms with van der Waals surface area (Å²) >= 11 is 0. The monoisotopic (exact) mass is 740 g/mol. The van der Waals surface area contributed by atoms with Crippen LogP contribution in [0.15, 0.2) is 113 Å². The van der Waals surface area contributed by atoms with E-state index < -0.39 is 29.7 Å². The molecular formula is C40H39F3N6O5. The molecule has 5 aromatic rings. The average molecular weight is 741 g/mol. The molecule has 1 atom stereocenters. The van der Waals surface area contributed by atoms with Crippen molar-refractivity contribution in [1.82, 2.24) is 9.55 Å². The molecule has 0 saturated carbocycles. The second-order valence-electron chi connectivity index (χ2n) is 13.3. The summed E-state index contributed by atoms with van der Waals surface area (Å²) < 4.78 is 33.1. The molecule has 54 heavy (non-hydrogen) atoms. The van der Waals surface area contributed by atoms with Crippen molar-refractivity contribution in [2.75, 3.05) is 23.3 Å². The first-order valence-electron chi connectivity index (χ1n) is 17.6. The fourth-order valence-electron chi connectivity index (χ4n) is 6.68. The van der Waals surface area contributed by atoms with Gasteiger partial charge in [-0.25, -0.2) is 15.1 Å². The second-order valence-corrected chi connectivity index (χ2v) is 13.3. The molecule has 11 nitrogen and oxygen atoms in total. The van der Waals surface area contributed by atoms with Crippen molar-refractivity contribution in [3.63, 3.8) is 0 Å². The van der Waals surface area contributed by atoms with Crippen LogP contribution in [0.2, 0.25) is 0 Å². The predicted molar refractivity (Wildman–Crippen MR) is 197 cm³/mol. The zero-order chi connectivity index (χ0) is 38.2. The van der Waals surface area contributed by atoms with Crippen LogP contribution in [-0.4, -0.2) is 57.9 Å². The van der Waals surface area contributed by atoms with Crippen molar-refractivity contribution >= 4 is 45.9 Å². The lowest BCUT2D eigenvalue weighted by Gasteiger charge is -2.32. The average Bonchev–Trinajstić information content (AvgIpc) is 3.57. The third-order valence-corrected chi connectivity index (χ3v) is 9.47. The molecule has 2 aliphatic heterocycles. The topological polar surface area (TPSA) is 157 Å². The minimum atomic E-state index is -5.19. The number of fused-ring (bicyclic) bond motifs is 2. The van der Waals surface area contributed by atoms with E-state index in [4.69, 9.17) is 14.9 Å². The molecule has 280 valence electrons. The van der Waals surface area contributed by atoms with E-state index in [0.29, 0.717) is 18.7 Å². The quantitative estimate of drug-likeness (QED) is 0.181. The van der Waals surface area contributed by atoms with Crippen LogP contribution >= 0.6 is 0 Å². The van der Waals surface area contributed by atoms with Gasteiger partial charge >= 0.3 is 23.8 Å². The van der Waals surface area contributed by atoms with E-state index in [-0.39, 0.29) is 12.6 Å². The number of halogens is 3. The molecular weight excluding hydrogens is 701 g/mol. The Morgan fingerprint density at radius 1 is 0.926 bits per heavy atom. The van der Waals surface area contributed by atoms with E-state index in [1.54, 1.807) is 0 Å². The van der Waals surface area contributed by atoms with Crippen molar-refractivity contribution in [1.29, 1.82) is 0 Å². The number of aliphatic carboxylic acids is 2. The number of piperidine rings is 1. The number of para-hydroxylation sites is 2. The van der Waals surface area contributed by atoms with Crippen LogP contribution < -0.4 is 26.3 Å². The number of aliphatic imine (C=N–C) groups is 1. The number of quaternary nitrogens is 1. The molecule has 4 N–H and O–H groups in total. The Kier molecular flexibility index (Phi) is 11.7. The molecule has 0 spiro atoms. The van der Waals surface area contributed by atoms with Crippen LogP contribution in [0.4, 0.5) is 30.4 Å². The number of hydrogen-bond acceptors (Lipinski definition) is 7. The van der Waals surface area contributed by atoms with Gasteiger partial charge in [0.15, 0.2) is 5.69 Å². The highest BCUT2D eigenvalue weighted by atomic mass is 19.4. The first-order chi connectivity index (χ1) is 25.9. The van der Waals surface area contributed by atoms with E-state index in [1.165, 1.54) is 10.1 Å². The van der Waals surface area contributed by atoms with Crippen LogP contribution in [0.5, 0.6) is 0 Å². The summed E-state index contributed by atoms with van der Waals surface area (Å²) in [5.41, 5.74) is 4.90. The maximum Gasteiger partial charge on any atom is 0.430 e. The normalized spacial score (nSPS) is 15.6. The van der Waals surface area contributed by atoms with Crippen LogP contribution in [-0.2, 0) is 35.4 Å². The molecule has 0 bridgehead atoms. The van der Waals surface area contributed by atoms with Crippen LogP contribution in [0.3, 0.4) is 0 Å². The van der Waals surface area contributed by atoms with Crippen molar-refractivity contribution in [3.05, 3.63) is 130 Å². The lowest BCUT2D eigenvalue weighted by molar-refractivity contribution is -0.438. The molecule has 1 fully saturated rings. The number of alkyl halides is 3. The zero-order valence-electron chi connectivity index (χ0n) is 29.2. The number of guanidine groups is 1. The number of rotatable bonds is 10. The van der Waals surface area contributed by atoms with Gasteiger partial charge in [0.2, 0.25) is 0 Å². The van der Waals surface area contributed by atoms with Crippen LogP contribution in [0, 0.1) is 5.92 Å². The Hall–Kier alpha value is -6.02. The molecule has 4 aromatic carbocycles. The lowest BCUT2D eigenvalue weighted by atomic mass is 9.97. The number of carbonyl (C=O) groups is 2. The number of anilines is 2. The van der Waals surface area contributed by atoms with Crippen molar-refractivity contribution in [2.45, 2.75) is 50.9 Å². The SMILES string of the molecule is O=C(O)C(Cc1ccc2ccccc2c1)Cn1cc(CCc2ccccc2)c(N2CCC(N=C3Nc4ccccc4[NH2+]3)CC2)nc1=O.O=C([O-])C(F)(F)F. The van der Waals surface area contributed by atoms with Gasteiger partial charge in [-0.1, -0.05) is 84.9 Å². The van der Waals surface area contributed by atoms with E-state index in [1.807, 2.05) is 79.0 Å². The van der Waals surface area contributed by atoms with E-state index >= 15 is 0 Å². The molecule has 1 saturated heterocycles. The lowest BCUT2D eigenvalue weighted by Crippen LogP contribution is -2.81. The van der Waals surface area contributed by atoms with Gasteiger partial charge in [-0.15, -0.1) is 0 Å². The number of nitrogens with one attached hydrogen (secondary N) is 1. The molecule has 3 heterocycles. The number of nitrogens with zero attached hydrogens (tertiary/aromatic N) is 4. The number of aryl methyl sites for hydroxylation is 2. The molecule has 0 radical (unpaired) electrons. The standard InChI is InChI=1S/C38H38N6O3.C2HF3O2/c45-36(46)31(23-27-15-16-28-10-4-5-11-29(28)22-27)25-44-24-30(17-14-26-8-2-1-3-9-26)35(42-38(44)47)43-20-18-32(19-21-43)39-37-40-33-12-6-7-13-34(33)41-37;3-2(4,5)1(6)7/h1-13,15-16,22,24,31-32H,14,17-21,23,25H2,(H,45,46)(H2,39,40,41);(H,6,7). The first-order valence-corrected chi connectivity index (χ1v) is 17.6. The third kappa shape index (κ3) is 9.69. The Labute approximate surface area is 308 Å². The van der Waals surface area contributed by atoms with Crippen LogP contribution in [0.1, 0.15) is 29.5 Å². The van der Waals surface area contributed by atoms with Gasteiger partial charge in [0.05, 0.1) is 12.0 Å². The predicted octanol–water partition coefficient (Wildman–Crippen LogP) is 4.07. The van der Waals surface area contributed by atoms with Gasteiger partial charge < -0.3 is 19.9 Å². The minimum absolute atomic E-state index is 0.0536. The fourth-order valence-corrected chi connectivity index (χ4v) is 6.68. The van der Waals surface area contributed by atoms with Gasteiger partial charge in [-0.2, -0.15) is 18.2 Å². The molecule has 7 rings (SSSR count). The smallest absolute Gasteiger partial charge is 0.430 e. The van der Waals surface area contributed by atoms with Crippen molar-refractivity contribution in [2.24, 2.45) is 10.9 Å². The summed E-state index contributed by atoms with van der Waals surface area (Å²) in [5.74, 6) is -3.11. The number of carboxylic acid groups (broad SMARTS) is 2. The number of carbonyl (C=O) groups excluding carboxylic acids is 1. The van der Waals surface area contributed by atoms with Crippen molar-refractivity contribution in [3.8, 4) is 0 Å². The number of aromatic nitrogens is 2. The zero-order valence-corrected chi connectivity index (χ0v) is 29.2. The van der Waals surface area contributed by atoms with Gasteiger partial charge in [0.1, 0.15) is 17.5 Å². The minimum Gasteiger partial charge on any atom is -0.542 e. The summed E-state index contributed by atoms with van der Waals surface area (Å²) in [5, 5.41) is 26.7. The number of nitrogens with two attached hydrogens (primary N) is 1. The summed E-state index contributed by atoms with van der Waals surface area (Å²) in [6.45, 7) is 1.53.